The highest BCUT2D eigenvalue weighted by Crippen LogP contribution is 2.47. The minimum atomic E-state index is -0.0905. The number of nitrogens with one attached hydrogen (secondary N) is 1. The highest BCUT2D eigenvalue weighted by Gasteiger charge is 2.44. The van der Waals surface area contributed by atoms with Gasteiger partial charge in [0.15, 0.2) is 0 Å². The quantitative estimate of drug-likeness (QED) is 0.895. The predicted octanol–water partition coefficient (Wildman–Crippen LogP) is 2.85. The molecule has 3 heteroatoms. The molecule has 0 atom stereocenters. The SMILES string of the molecule is O=C(NCC1(c2ccccc2)CC1)c1ccc(O)cc1. The fourth-order valence-electron chi connectivity index (χ4n) is 2.47. The van der Waals surface area contributed by atoms with E-state index in [4.69, 9.17) is 0 Å². The number of amides is 1. The van der Waals surface area contributed by atoms with Gasteiger partial charge in [-0.15, -0.1) is 0 Å². The molecule has 0 unspecified atom stereocenters. The van der Waals surface area contributed by atoms with Crippen LogP contribution >= 0.6 is 0 Å². The average Bonchev–Trinajstić information content (AvgIpc) is 3.28. The Balaban J connectivity index is 1.65. The third kappa shape index (κ3) is 2.52. The minimum Gasteiger partial charge on any atom is -0.508 e. The molecule has 1 aliphatic carbocycles. The summed E-state index contributed by atoms with van der Waals surface area (Å²) in [4.78, 5) is 12.1. The van der Waals surface area contributed by atoms with Crippen LogP contribution in [0.25, 0.3) is 0 Å². The van der Waals surface area contributed by atoms with Crippen LogP contribution < -0.4 is 5.32 Å². The molecule has 0 aliphatic heterocycles. The first-order chi connectivity index (χ1) is 9.70. The Morgan fingerprint density at radius 1 is 1.05 bits per heavy atom. The smallest absolute Gasteiger partial charge is 0.251 e. The van der Waals surface area contributed by atoms with Crippen molar-refractivity contribution in [2.75, 3.05) is 6.54 Å². The first kappa shape index (κ1) is 12.7. The molecule has 0 heterocycles. The van der Waals surface area contributed by atoms with Crippen LogP contribution in [-0.2, 0) is 5.41 Å². The van der Waals surface area contributed by atoms with E-state index in [-0.39, 0.29) is 17.1 Å². The highest BCUT2D eigenvalue weighted by atomic mass is 16.3. The molecule has 20 heavy (non-hydrogen) atoms. The van der Waals surface area contributed by atoms with Gasteiger partial charge in [-0.3, -0.25) is 4.79 Å². The lowest BCUT2D eigenvalue weighted by atomic mass is 9.96. The van der Waals surface area contributed by atoms with Crippen LogP contribution in [0, 0.1) is 0 Å². The van der Waals surface area contributed by atoms with Crippen molar-refractivity contribution < 1.29 is 9.90 Å². The van der Waals surface area contributed by atoms with Crippen molar-refractivity contribution in [1.82, 2.24) is 5.32 Å². The summed E-state index contributed by atoms with van der Waals surface area (Å²) in [5.41, 5.74) is 1.99. The zero-order chi connectivity index (χ0) is 14.0. The zero-order valence-corrected chi connectivity index (χ0v) is 11.2. The fraction of sp³-hybridized carbons (Fsp3) is 0.235. The lowest BCUT2D eigenvalue weighted by Gasteiger charge is -2.16. The van der Waals surface area contributed by atoms with Crippen molar-refractivity contribution in [2.24, 2.45) is 0 Å². The molecule has 0 saturated heterocycles. The third-order valence-corrected chi connectivity index (χ3v) is 3.96. The molecule has 1 fully saturated rings. The molecular formula is C17H17NO2. The monoisotopic (exact) mass is 267 g/mol. The third-order valence-electron chi connectivity index (χ3n) is 3.96. The second kappa shape index (κ2) is 5.00. The predicted molar refractivity (Wildman–Crippen MR) is 77.8 cm³/mol. The van der Waals surface area contributed by atoms with Crippen LogP contribution in [0.1, 0.15) is 28.8 Å². The lowest BCUT2D eigenvalue weighted by molar-refractivity contribution is 0.0949. The number of aromatic hydroxyl groups is 1. The van der Waals surface area contributed by atoms with Gasteiger partial charge in [-0.1, -0.05) is 30.3 Å². The van der Waals surface area contributed by atoms with Crippen molar-refractivity contribution in [3.8, 4) is 5.75 Å². The van der Waals surface area contributed by atoms with Gasteiger partial charge in [0.25, 0.3) is 5.91 Å². The van der Waals surface area contributed by atoms with Crippen LogP contribution in [0.4, 0.5) is 0 Å². The van der Waals surface area contributed by atoms with E-state index in [2.05, 4.69) is 17.4 Å². The summed E-state index contributed by atoms with van der Waals surface area (Å²) in [6, 6.07) is 16.7. The molecule has 1 aliphatic rings. The van der Waals surface area contributed by atoms with Crippen molar-refractivity contribution in [3.63, 3.8) is 0 Å². The van der Waals surface area contributed by atoms with Crippen LogP contribution in [0.2, 0.25) is 0 Å². The maximum absolute atomic E-state index is 12.1. The van der Waals surface area contributed by atoms with Gasteiger partial charge in [-0.25, -0.2) is 0 Å². The Morgan fingerprint density at radius 3 is 2.30 bits per heavy atom. The van der Waals surface area contributed by atoms with E-state index in [1.54, 1.807) is 12.1 Å². The second-order valence-electron chi connectivity index (χ2n) is 5.38. The van der Waals surface area contributed by atoms with Gasteiger partial charge in [0.2, 0.25) is 0 Å². The summed E-state index contributed by atoms with van der Waals surface area (Å²) < 4.78 is 0. The summed E-state index contributed by atoms with van der Waals surface area (Å²) >= 11 is 0. The molecule has 0 bridgehead atoms. The maximum atomic E-state index is 12.1. The van der Waals surface area contributed by atoms with Gasteiger partial charge in [0.05, 0.1) is 0 Å². The highest BCUT2D eigenvalue weighted by molar-refractivity contribution is 5.94. The van der Waals surface area contributed by atoms with Crippen molar-refractivity contribution in [2.45, 2.75) is 18.3 Å². The number of hydrogen-bond acceptors (Lipinski definition) is 2. The molecule has 3 rings (SSSR count). The molecular weight excluding hydrogens is 250 g/mol. The normalized spacial score (nSPS) is 15.6. The number of hydrogen-bond donors (Lipinski definition) is 2. The van der Waals surface area contributed by atoms with E-state index in [0.717, 1.165) is 12.8 Å². The van der Waals surface area contributed by atoms with Gasteiger partial charge >= 0.3 is 0 Å². The van der Waals surface area contributed by atoms with Gasteiger partial charge in [0.1, 0.15) is 5.75 Å². The van der Waals surface area contributed by atoms with Crippen LogP contribution in [0.5, 0.6) is 5.75 Å². The second-order valence-corrected chi connectivity index (χ2v) is 5.38. The molecule has 0 radical (unpaired) electrons. The van der Waals surface area contributed by atoms with Gasteiger partial charge in [-0.05, 0) is 42.7 Å². The van der Waals surface area contributed by atoms with Crippen LogP contribution in [0.3, 0.4) is 0 Å². The molecule has 102 valence electrons. The lowest BCUT2D eigenvalue weighted by Crippen LogP contribution is -2.32. The minimum absolute atomic E-state index is 0.0905. The van der Waals surface area contributed by atoms with Gasteiger partial charge in [0, 0.05) is 17.5 Å². The topological polar surface area (TPSA) is 49.3 Å². The summed E-state index contributed by atoms with van der Waals surface area (Å²) in [6.45, 7) is 0.663. The summed E-state index contributed by atoms with van der Waals surface area (Å²) in [5.74, 6) is 0.0803. The Kier molecular flexibility index (Phi) is 3.18. The summed E-state index contributed by atoms with van der Waals surface area (Å²) in [7, 11) is 0. The Bertz CT molecular complexity index is 601. The standard InChI is InChI=1S/C17H17NO2/c19-15-8-6-13(7-9-15)16(20)18-12-17(10-11-17)14-4-2-1-3-5-14/h1-9,19H,10-12H2,(H,18,20). The molecule has 1 amide bonds. The molecule has 0 aromatic heterocycles. The summed E-state index contributed by atoms with van der Waals surface area (Å²) in [6.07, 6.45) is 2.24. The van der Waals surface area contributed by atoms with E-state index in [9.17, 15) is 9.90 Å². The molecule has 0 spiro atoms. The Morgan fingerprint density at radius 2 is 1.70 bits per heavy atom. The number of phenolic OH excluding ortho intramolecular Hbond substituents is 1. The maximum Gasteiger partial charge on any atom is 0.251 e. The number of benzene rings is 2. The Labute approximate surface area is 118 Å². The van der Waals surface area contributed by atoms with Crippen molar-refractivity contribution in [1.29, 1.82) is 0 Å². The number of carbonyl (C=O) groups excluding carboxylic acids is 1. The van der Waals surface area contributed by atoms with E-state index in [1.807, 2.05) is 18.2 Å². The molecule has 2 N–H and O–H groups in total. The number of carbonyl (C=O) groups is 1. The Hall–Kier alpha value is -2.29. The van der Waals surface area contributed by atoms with E-state index < -0.39 is 0 Å². The van der Waals surface area contributed by atoms with Gasteiger partial charge in [-0.2, -0.15) is 0 Å². The van der Waals surface area contributed by atoms with E-state index >= 15 is 0 Å². The number of phenols is 1. The first-order valence-corrected chi connectivity index (χ1v) is 6.82. The molecule has 2 aromatic carbocycles. The molecule has 1 saturated carbocycles. The summed E-state index contributed by atoms with van der Waals surface area (Å²) in [5, 5.41) is 12.2. The van der Waals surface area contributed by atoms with E-state index in [0.29, 0.717) is 12.1 Å². The van der Waals surface area contributed by atoms with Crippen molar-refractivity contribution in [3.05, 3.63) is 65.7 Å². The van der Waals surface area contributed by atoms with E-state index in [1.165, 1.54) is 17.7 Å². The van der Waals surface area contributed by atoms with Crippen LogP contribution in [-0.4, -0.2) is 17.6 Å². The molecule has 3 nitrogen and oxygen atoms in total. The number of rotatable bonds is 4. The average molecular weight is 267 g/mol. The largest absolute Gasteiger partial charge is 0.508 e. The first-order valence-electron chi connectivity index (χ1n) is 6.82. The zero-order valence-electron chi connectivity index (χ0n) is 11.2. The fourth-order valence-corrected chi connectivity index (χ4v) is 2.47. The van der Waals surface area contributed by atoms with Crippen LogP contribution in [0.15, 0.2) is 54.6 Å². The van der Waals surface area contributed by atoms with Crippen molar-refractivity contribution >= 4 is 5.91 Å². The molecule has 2 aromatic rings. The van der Waals surface area contributed by atoms with Gasteiger partial charge < -0.3 is 10.4 Å².